The van der Waals surface area contributed by atoms with Crippen LogP contribution < -0.4 is 14.8 Å². The Morgan fingerprint density at radius 2 is 2.24 bits per heavy atom. The van der Waals surface area contributed by atoms with Crippen molar-refractivity contribution in [2.24, 2.45) is 0 Å². The summed E-state index contributed by atoms with van der Waals surface area (Å²) in [4.78, 5) is 16.8. The van der Waals surface area contributed by atoms with Gasteiger partial charge in [0.05, 0.1) is 11.1 Å². The van der Waals surface area contributed by atoms with Crippen LogP contribution >= 0.6 is 11.3 Å². The molecule has 0 amide bonds. The van der Waals surface area contributed by atoms with Crippen LogP contribution in [0.15, 0.2) is 35.4 Å². The molecule has 0 unspecified atom stereocenters. The van der Waals surface area contributed by atoms with Gasteiger partial charge in [-0.15, -0.1) is 0 Å². The van der Waals surface area contributed by atoms with E-state index in [0.717, 1.165) is 24.2 Å². The van der Waals surface area contributed by atoms with Gasteiger partial charge in [-0.2, -0.15) is 9.61 Å². The van der Waals surface area contributed by atoms with Gasteiger partial charge in [0.2, 0.25) is 4.96 Å². The molecule has 2 heterocycles. The molecule has 5 nitrogen and oxygen atoms in total. The first-order chi connectivity index (χ1) is 10.3. The molecule has 0 bridgehead atoms. The Morgan fingerprint density at radius 1 is 1.38 bits per heavy atom. The van der Waals surface area contributed by atoms with Crippen molar-refractivity contribution in [3.05, 3.63) is 51.0 Å². The van der Waals surface area contributed by atoms with E-state index in [1.54, 1.807) is 0 Å². The van der Waals surface area contributed by atoms with Gasteiger partial charge in [0.1, 0.15) is 12.1 Å². The van der Waals surface area contributed by atoms with Crippen molar-refractivity contribution in [2.75, 3.05) is 6.61 Å². The predicted octanol–water partition coefficient (Wildman–Crippen LogP) is 1.88. The van der Waals surface area contributed by atoms with E-state index < -0.39 is 0 Å². The molecule has 0 aliphatic heterocycles. The molecule has 6 heteroatoms. The molecule has 0 saturated carbocycles. The first-order valence-electron chi connectivity index (χ1n) is 6.85. The third-order valence-electron chi connectivity index (χ3n) is 3.08. The first kappa shape index (κ1) is 13.8. The number of benzene rings is 1. The topological polar surface area (TPSA) is 56.5 Å². The SMILES string of the molecule is CCCCOc1ccccc1/C=c1/sc2ncnn2c1=O. The Hall–Kier alpha value is -2.21. The zero-order valence-corrected chi connectivity index (χ0v) is 12.5. The van der Waals surface area contributed by atoms with Gasteiger partial charge in [0, 0.05) is 5.56 Å². The minimum atomic E-state index is -0.143. The van der Waals surface area contributed by atoms with E-state index in [1.165, 1.54) is 22.2 Å². The summed E-state index contributed by atoms with van der Waals surface area (Å²) in [6.07, 6.45) is 5.33. The number of rotatable bonds is 5. The van der Waals surface area contributed by atoms with Crippen molar-refractivity contribution in [3.63, 3.8) is 0 Å². The molecule has 0 aliphatic carbocycles. The number of fused-ring (bicyclic) bond motifs is 1. The lowest BCUT2D eigenvalue weighted by atomic mass is 10.2. The Kier molecular flexibility index (Phi) is 3.96. The number of hydrogen-bond acceptors (Lipinski definition) is 5. The quantitative estimate of drug-likeness (QED) is 0.675. The van der Waals surface area contributed by atoms with Gasteiger partial charge in [0.15, 0.2) is 0 Å². The monoisotopic (exact) mass is 301 g/mol. The van der Waals surface area contributed by atoms with Crippen LogP contribution in [0.2, 0.25) is 0 Å². The van der Waals surface area contributed by atoms with Crippen molar-refractivity contribution in [1.29, 1.82) is 0 Å². The summed E-state index contributed by atoms with van der Waals surface area (Å²) in [5, 5.41) is 3.92. The zero-order valence-electron chi connectivity index (χ0n) is 11.7. The molecule has 0 radical (unpaired) electrons. The second kappa shape index (κ2) is 6.05. The molecular weight excluding hydrogens is 286 g/mol. The fourth-order valence-electron chi connectivity index (χ4n) is 1.98. The van der Waals surface area contributed by atoms with E-state index in [2.05, 4.69) is 17.0 Å². The van der Waals surface area contributed by atoms with E-state index in [4.69, 9.17) is 4.74 Å². The Balaban J connectivity index is 2.00. The van der Waals surface area contributed by atoms with Crippen molar-refractivity contribution >= 4 is 22.4 Å². The van der Waals surface area contributed by atoms with Gasteiger partial charge >= 0.3 is 0 Å². The van der Waals surface area contributed by atoms with Gasteiger partial charge in [-0.05, 0) is 18.6 Å². The molecule has 3 aromatic rings. The van der Waals surface area contributed by atoms with Gasteiger partial charge in [-0.1, -0.05) is 42.9 Å². The van der Waals surface area contributed by atoms with Gasteiger partial charge in [-0.25, -0.2) is 4.98 Å². The third-order valence-corrected chi connectivity index (χ3v) is 4.06. The van der Waals surface area contributed by atoms with Crippen molar-refractivity contribution in [2.45, 2.75) is 19.8 Å². The molecule has 3 rings (SSSR count). The molecule has 0 atom stereocenters. The molecular formula is C15H15N3O2S. The Morgan fingerprint density at radius 3 is 3.05 bits per heavy atom. The fraction of sp³-hybridized carbons (Fsp3) is 0.267. The lowest BCUT2D eigenvalue weighted by molar-refractivity contribution is 0.309. The van der Waals surface area contributed by atoms with Crippen molar-refractivity contribution in [1.82, 2.24) is 14.6 Å². The van der Waals surface area contributed by atoms with Gasteiger partial charge in [-0.3, -0.25) is 4.79 Å². The summed E-state index contributed by atoms with van der Waals surface area (Å²) in [7, 11) is 0. The summed E-state index contributed by atoms with van der Waals surface area (Å²) in [6, 6.07) is 7.72. The standard InChI is InChI=1S/C15H15N3O2S/c1-2-3-8-20-12-7-5-4-6-11(12)9-13-14(19)18-15(21-13)16-10-17-18/h4-7,9-10H,2-3,8H2,1H3/b13-9+. The van der Waals surface area contributed by atoms with E-state index in [-0.39, 0.29) is 5.56 Å². The third kappa shape index (κ3) is 2.80. The van der Waals surface area contributed by atoms with Crippen LogP contribution in [0.25, 0.3) is 11.0 Å². The number of nitrogens with zero attached hydrogens (tertiary/aromatic N) is 3. The first-order valence-corrected chi connectivity index (χ1v) is 7.67. The Labute approximate surface area is 125 Å². The highest BCUT2D eigenvalue weighted by molar-refractivity contribution is 7.15. The van der Waals surface area contributed by atoms with Crippen LogP contribution in [0, 0.1) is 0 Å². The minimum absolute atomic E-state index is 0.143. The summed E-state index contributed by atoms with van der Waals surface area (Å²) < 4.78 is 7.70. The summed E-state index contributed by atoms with van der Waals surface area (Å²) in [5.41, 5.74) is 0.756. The highest BCUT2D eigenvalue weighted by Gasteiger charge is 2.06. The summed E-state index contributed by atoms with van der Waals surface area (Å²) in [5.74, 6) is 0.796. The van der Waals surface area contributed by atoms with Crippen LogP contribution in [-0.2, 0) is 0 Å². The van der Waals surface area contributed by atoms with Crippen molar-refractivity contribution < 1.29 is 4.74 Å². The van der Waals surface area contributed by atoms with Gasteiger partial charge < -0.3 is 4.74 Å². The second-order valence-corrected chi connectivity index (χ2v) is 5.62. The lowest BCUT2D eigenvalue weighted by Crippen LogP contribution is -2.23. The maximum absolute atomic E-state index is 12.2. The maximum atomic E-state index is 12.2. The molecule has 1 aromatic carbocycles. The number of hydrogen-bond donors (Lipinski definition) is 0. The van der Waals surface area contributed by atoms with Crippen LogP contribution in [0.1, 0.15) is 25.3 Å². The van der Waals surface area contributed by atoms with Gasteiger partial charge in [0.25, 0.3) is 5.56 Å². The zero-order chi connectivity index (χ0) is 14.7. The molecule has 0 fully saturated rings. The second-order valence-electron chi connectivity index (χ2n) is 4.61. The number of aromatic nitrogens is 3. The highest BCUT2D eigenvalue weighted by atomic mass is 32.1. The highest BCUT2D eigenvalue weighted by Crippen LogP contribution is 2.19. The van der Waals surface area contributed by atoms with E-state index >= 15 is 0 Å². The number of thiazole rings is 1. The van der Waals surface area contributed by atoms with Crippen LogP contribution in [0.4, 0.5) is 0 Å². The smallest absolute Gasteiger partial charge is 0.291 e. The molecule has 2 aromatic heterocycles. The molecule has 0 aliphatic rings. The molecule has 0 N–H and O–H groups in total. The van der Waals surface area contributed by atoms with Crippen LogP contribution in [-0.4, -0.2) is 21.2 Å². The normalized spacial score (nSPS) is 12.1. The van der Waals surface area contributed by atoms with Crippen LogP contribution in [0.3, 0.4) is 0 Å². The lowest BCUT2D eigenvalue weighted by Gasteiger charge is -2.07. The summed E-state index contributed by atoms with van der Waals surface area (Å²) >= 11 is 1.33. The molecule has 0 spiro atoms. The fourth-order valence-corrected chi connectivity index (χ4v) is 2.85. The average molecular weight is 301 g/mol. The van der Waals surface area contributed by atoms with Crippen LogP contribution in [0.5, 0.6) is 5.75 Å². The molecule has 0 saturated heterocycles. The average Bonchev–Trinajstić information content (AvgIpc) is 3.05. The maximum Gasteiger partial charge on any atom is 0.291 e. The largest absolute Gasteiger partial charge is 0.493 e. The molecule has 108 valence electrons. The predicted molar refractivity (Wildman–Crippen MR) is 82.8 cm³/mol. The number of unbranched alkanes of at least 4 members (excludes halogenated alkanes) is 1. The minimum Gasteiger partial charge on any atom is -0.493 e. The number of ether oxygens (including phenoxy) is 1. The Bertz CT molecular complexity index is 853. The molecule has 21 heavy (non-hydrogen) atoms. The number of para-hydroxylation sites is 1. The van der Waals surface area contributed by atoms with Crippen molar-refractivity contribution in [3.8, 4) is 5.75 Å². The summed E-state index contributed by atoms with van der Waals surface area (Å²) in [6.45, 7) is 2.81. The van der Waals surface area contributed by atoms with E-state index in [1.807, 2.05) is 30.3 Å². The van der Waals surface area contributed by atoms with E-state index in [0.29, 0.717) is 16.1 Å². The van der Waals surface area contributed by atoms with E-state index in [9.17, 15) is 4.79 Å².